The Bertz CT molecular complexity index is 653. The van der Waals surface area contributed by atoms with Gasteiger partial charge >= 0.3 is 5.97 Å². The molecule has 5 nitrogen and oxygen atoms in total. The minimum atomic E-state index is -1.05. The van der Waals surface area contributed by atoms with E-state index in [9.17, 15) is 9.90 Å². The summed E-state index contributed by atoms with van der Waals surface area (Å²) in [5.41, 5.74) is 1.24. The Hall–Kier alpha value is -2.17. The molecule has 0 fully saturated rings. The molecule has 1 aliphatic rings. The highest BCUT2D eigenvalue weighted by Crippen LogP contribution is 2.39. The summed E-state index contributed by atoms with van der Waals surface area (Å²) in [6.45, 7) is 4.27. The molecule has 1 N–H and O–H groups in total. The fraction of sp³-hybridized carbons (Fsp3) is 0.357. The van der Waals surface area contributed by atoms with Gasteiger partial charge in [0.15, 0.2) is 11.5 Å². The molecule has 1 aromatic carbocycles. The van der Waals surface area contributed by atoms with E-state index in [0.29, 0.717) is 29.4 Å². The minimum Gasteiger partial charge on any atom is -0.475 e. The molecule has 5 heteroatoms. The smallest absolute Gasteiger partial charge is 0.372 e. The van der Waals surface area contributed by atoms with Gasteiger partial charge in [-0.2, -0.15) is 0 Å². The summed E-state index contributed by atoms with van der Waals surface area (Å²) in [6, 6.07) is 3.49. The molecule has 0 spiro atoms. The molecule has 100 valence electrons. The van der Waals surface area contributed by atoms with E-state index in [4.69, 9.17) is 13.9 Å². The molecule has 0 amide bonds. The minimum absolute atomic E-state index is 0.00683. The number of benzene rings is 1. The van der Waals surface area contributed by atoms with Gasteiger partial charge in [-0.05, 0) is 18.4 Å². The standard InChI is InChI=1S/C14H14O5/c1-7(2)3-9-8-4-11-12(18-6-17-11)5-10(8)19-13(9)14(15)16/h4-5,7H,3,6H2,1-2H3,(H,15,16). The van der Waals surface area contributed by atoms with Crippen LogP contribution in [-0.4, -0.2) is 17.9 Å². The molecule has 1 aliphatic heterocycles. The second-order valence-electron chi connectivity index (χ2n) is 5.01. The zero-order chi connectivity index (χ0) is 13.6. The van der Waals surface area contributed by atoms with Crippen LogP contribution in [0.3, 0.4) is 0 Å². The van der Waals surface area contributed by atoms with Gasteiger partial charge in [-0.1, -0.05) is 13.8 Å². The zero-order valence-electron chi connectivity index (χ0n) is 10.7. The van der Waals surface area contributed by atoms with Crippen LogP contribution < -0.4 is 9.47 Å². The van der Waals surface area contributed by atoms with Crippen LogP contribution in [0.25, 0.3) is 11.0 Å². The molecule has 2 aromatic rings. The average molecular weight is 262 g/mol. The van der Waals surface area contributed by atoms with E-state index in [-0.39, 0.29) is 12.6 Å². The van der Waals surface area contributed by atoms with Crippen LogP contribution in [0.5, 0.6) is 11.5 Å². The van der Waals surface area contributed by atoms with Gasteiger partial charge in [-0.3, -0.25) is 0 Å². The highest BCUT2D eigenvalue weighted by molar-refractivity contribution is 5.96. The molecular formula is C14H14O5. The molecule has 0 aliphatic carbocycles. The van der Waals surface area contributed by atoms with Gasteiger partial charge in [-0.15, -0.1) is 0 Å². The van der Waals surface area contributed by atoms with Gasteiger partial charge in [0.25, 0.3) is 0 Å². The maximum atomic E-state index is 11.3. The van der Waals surface area contributed by atoms with Crippen LogP contribution >= 0.6 is 0 Å². The molecule has 3 rings (SSSR count). The van der Waals surface area contributed by atoms with E-state index in [1.54, 1.807) is 12.1 Å². The van der Waals surface area contributed by atoms with E-state index < -0.39 is 5.97 Å². The van der Waals surface area contributed by atoms with Crippen LogP contribution in [0, 0.1) is 5.92 Å². The van der Waals surface area contributed by atoms with Crippen LogP contribution in [0.1, 0.15) is 30.0 Å². The topological polar surface area (TPSA) is 68.9 Å². The molecule has 0 radical (unpaired) electrons. The van der Waals surface area contributed by atoms with Gasteiger partial charge < -0.3 is 19.0 Å². The van der Waals surface area contributed by atoms with Crippen molar-refractivity contribution in [1.29, 1.82) is 0 Å². The Kier molecular flexibility index (Phi) is 2.62. The van der Waals surface area contributed by atoms with Gasteiger partial charge in [0.2, 0.25) is 12.6 Å². The van der Waals surface area contributed by atoms with Crippen molar-refractivity contribution in [2.24, 2.45) is 5.92 Å². The number of furan rings is 1. The zero-order valence-corrected chi connectivity index (χ0v) is 10.7. The Morgan fingerprint density at radius 2 is 2.00 bits per heavy atom. The number of carboxylic acids is 1. The number of rotatable bonds is 3. The second kappa shape index (κ2) is 4.19. The van der Waals surface area contributed by atoms with E-state index in [1.807, 2.05) is 13.8 Å². The van der Waals surface area contributed by atoms with Crippen molar-refractivity contribution >= 4 is 16.9 Å². The molecule has 0 atom stereocenters. The highest BCUT2D eigenvalue weighted by atomic mass is 16.7. The number of fused-ring (bicyclic) bond motifs is 2. The third-order valence-corrected chi connectivity index (χ3v) is 3.09. The predicted octanol–water partition coefficient (Wildman–Crippen LogP) is 3.06. The first-order valence-electron chi connectivity index (χ1n) is 6.14. The lowest BCUT2D eigenvalue weighted by molar-refractivity contribution is 0.0663. The third kappa shape index (κ3) is 1.91. The van der Waals surface area contributed by atoms with Crippen molar-refractivity contribution in [1.82, 2.24) is 0 Å². The van der Waals surface area contributed by atoms with Crippen LogP contribution in [0.2, 0.25) is 0 Å². The van der Waals surface area contributed by atoms with Crippen LogP contribution in [-0.2, 0) is 6.42 Å². The fourth-order valence-electron chi connectivity index (χ4n) is 2.32. The second-order valence-corrected chi connectivity index (χ2v) is 5.01. The van der Waals surface area contributed by atoms with E-state index in [1.165, 1.54) is 0 Å². The quantitative estimate of drug-likeness (QED) is 0.920. The van der Waals surface area contributed by atoms with Crippen molar-refractivity contribution in [3.63, 3.8) is 0 Å². The normalized spacial score (nSPS) is 13.4. The Balaban J connectivity index is 2.23. The predicted molar refractivity (Wildman–Crippen MR) is 67.8 cm³/mol. The number of aromatic carboxylic acids is 1. The lowest BCUT2D eigenvalue weighted by Gasteiger charge is -2.04. The first-order valence-corrected chi connectivity index (χ1v) is 6.14. The lowest BCUT2D eigenvalue weighted by atomic mass is 9.99. The maximum Gasteiger partial charge on any atom is 0.372 e. The Labute approximate surface area is 109 Å². The largest absolute Gasteiger partial charge is 0.475 e. The Morgan fingerprint density at radius 1 is 1.32 bits per heavy atom. The number of hydrogen-bond donors (Lipinski definition) is 1. The van der Waals surface area contributed by atoms with E-state index in [2.05, 4.69) is 0 Å². The molecule has 1 aromatic heterocycles. The summed E-state index contributed by atoms with van der Waals surface area (Å²) in [7, 11) is 0. The van der Waals surface area contributed by atoms with Crippen molar-refractivity contribution in [2.75, 3.05) is 6.79 Å². The summed E-state index contributed by atoms with van der Waals surface area (Å²) in [4.78, 5) is 11.3. The first kappa shape index (κ1) is 11.9. The van der Waals surface area contributed by atoms with Crippen molar-refractivity contribution < 1.29 is 23.8 Å². The van der Waals surface area contributed by atoms with Gasteiger partial charge in [0.05, 0.1) is 0 Å². The first-order chi connectivity index (χ1) is 9.06. The monoisotopic (exact) mass is 262 g/mol. The molecule has 0 unspecified atom stereocenters. The van der Waals surface area contributed by atoms with E-state index >= 15 is 0 Å². The summed E-state index contributed by atoms with van der Waals surface area (Å²) in [6.07, 6.45) is 0.647. The number of carbonyl (C=O) groups is 1. The SMILES string of the molecule is CC(C)Cc1c(C(=O)O)oc2cc3c(cc12)OCO3. The Morgan fingerprint density at radius 3 is 2.63 bits per heavy atom. The van der Waals surface area contributed by atoms with Crippen molar-refractivity contribution in [2.45, 2.75) is 20.3 Å². The van der Waals surface area contributed by atoms with Gasteiger partial charge in [0.1, 0.15) is 5.58 Å². The molecule has 19 heavy (non-hydrogen) atoms. The van der Waals surface area contributed by atoms with E-state index in [0.717, 1.165) is 10.9 Å². The summed E-state index contributed by atoms with van der Waals surface area (Å²) < 4.78 is 16.0. The van der Waals surface area contributed by atoms with Crippen molar-refractivity contribution in [3.05, 3.63) is 23.5 Å². The van der Waals surface area contributed by atoms with Crippen LogP contribution in [0.15, 0.2) is 16.5 Å². The summed E-state index contributed by atoms with van der Waals surface area (Å²) in [5, 5.41) is 10.0. The molecule has 0 bridgehead atoms. The molecule has 0 saturated carbocycles. The summed E-state index contributed by atoms with van der Waals surface area (Å²) >= 11 is 0. The number of hydrogen-bond acceptors (Lipinski definition) is 4. The molecular weight excluding hydrogens is 248 g/mol. The summed E-state index contributed by atoms with van der Waals surface area (Å²) in [5.74, 6) is 0.523. The van der Waals surface area contributed by atoms with Crippen LogP contribution in [0.4, 0.5) is 0 Å². The maximum absolute atomic E-state index is 11.3. The molecule has 2 heterocycles. The molecule has 0 saturated heterocycles. The number of ether oxygens (including phenoxy) is 2. The van der Waals surface area contributed by atoms with Gasteiger partial charge in [0, 0.05) is 17.0 Å². The number of carboxylic acid groups (broad SMARTS) is 1. The third-order valence-electron chi connectivity index (χ3n) is 3.09. The van der Waals surface area contributed by atoms with Crippen molar-refractivity contribution in [3.8, 4) is 11.5 Å². The average Bonchev–Trinajstić information content (AvgIpc) is 2.90. The lowest BCUT2D eigenvalue weighted by Crippen LogP contribution is -2.02. The fourth-order valence-corrected chi connectivity index (χ4v) is 2.32. The van der Waals surface area contributed by atoms with Gasteiger partial charge in [-0.25, -0.2) is 4.79 Å². The highest BCUT2D eigenvalue weighted by Gasteiger charge is 2.24.